The Balaban J connectivity index is 0.00000141. The lowest BCUT2D eigenvalue weighted by atomic mass is 10.1. The minimum absolute atomic E-state index is 0.0256. The van der Waals surface area contributed by atoms with E-state index in [0.29, 0.717) is 11.4 Å². The maximum atomic E-state index is 11.6. The van der Waals surface area contributed by atoms with Crippen molar-refractivity contribution in [1.82, 2.24) is 9.78 Å². The molecule has 7 nitrogen and oxygen atoms in total. The Kier molecular flexibility index (Phi) is 6.97. The van der Waals surface area contributed by atoms with Crippen molar-refractivity contribution in [3.63, 3.8) is 0 Å². The quantitative estimate of drug-likeness (QED) is 0.461. The van der Waals surface area contributed by atoms with Crippen LogP contribution >= 0.6 is 0 Å². The van der Waals surface area contributed by atoms with Gasteiger partial charge in [-0.05, 0) is 66.7 Å². The summed E-state index contributed by atoms with van der Waals surface area (Å²) in [5.41, 5.74) is 3.76. The number of ether oxygens (including phenoxy) is 1. The van der Waals surface area contributed by atoms with Gasteiger partial charge in [-0.25, -0.2) is 18.2 Å². The van der Waals surface area contributed by atoms with E-state index in [4.69, 9.17) is 15.0 Å². The number of hydrogen-bond acceptors (Lipinski definition) is 5. The van der Waals surface area contributed by atoms with E-state index in [2.05, 4.69) is 0 Å². The van der Waals surface area contributed by atoms with Crippen LogP contribution in [0.15, 0.2) is 83.8 Å². The maximum absolute atomic E-state index is 11.6. The van der Waals surface area contributed by atoms with E-state index in [0.717, 1.165) is 22.6 Å². The summed E-state index contributed by atoms with van der Waals surface area (Å²) in [7, 11) is -2.18. The number of hydrogen-bond donors (Lipinski definition) is 2. The van der Waals surface area contributed by atoms with Crippen LogP contribution in [0.5, 0.6) is 11.5 Å². The Morgan fingerprint density at radius 1 is 0.906 bits per heavy atom. The molecule has 0 bridgehead atoms. The minimum Gasteiger partial charge on any atom is -0.508 e. The van der Waals surface area contributed by atoms with Gasteiger partial charge in [-0.3, -0.25) is 0 Å². The van der Waals surface area contributed by atoms with Gasteiger partial charge in [0.15, 0.2) is 0 Å². The van der Waals surface area contributed by atoms with Crippen molar-refractivity contribution in [2.24, 2.45) is 5.14 Å². The predicted octanol–water partition coefficient (Wildman–Crippen LogP) is 4.59. The van der Waals surface area contributed by atoms with Crippen LogP contribution in [-0.2, 0) is 10.0 Å². The molecule has 0 atom stereocenters. The zero-order chi connectivity index (χ0) is 23.3. The summed E-state index contributed by atoms with van der Waals surface area (Å²) in [6, 6.07) is 22.4. The summed E-state index contributed by atoms with van der Waals surface area (Å²) in [5, 5.41) is 19.7. The second-order valence-electron chi connectivity index (χ2n) is 6.64. The van der Waals surface area contributed by atoms with E-state index in [1.807, 2.05) is 50.2 Å². The van der Waals surface area contributed by atoms with Gasteiger partial charge >= 0.3 is 0 Å². The van der Waals surface area contributed by atoms with E-state index in [1.165, 1.54) is 12.1 Å². The number of benzene rings is 3. The van der Waals surface area contributed by atoms with Crippen LogP contribution in [0.3, 0.4) is 0 Å². The number of phenolic OH excluding ortho intramolecular Hbond substituents is 1. The highest BCUT2D eigenvalue weighted by atomic mass is 32.2. The molecule has 1 aromatic heterocycles. The number of aromatic hydroxyl groups is 1. The molecule has 8 heteroatoms. The monoisotopic (exact) mass is 451 g/mol. The minimum atomic E-state index is -3.79. The highest BCUT2D eigenvalue weighted by molar-refractivity contribution is 7.89. The van der Waals surface area contributed by atoms with Crippen LogP contribution in [0, 0.1) is 0 Å². The lowest BCUT2D eigenvalue weighted by molar-refractivity contribution is 0.415. The number of methoxy groups -OCH3 is 1. The largest absolute Gasteiger partial charge is 0.508 e. The maximum Gasteiger partial charge on any atom is 0.238 e. The molecule has 1 heterocycles. The number of primary sulfonamides is 1. The normalized spacial score (nSPS) is 10.9. The topological polar surface area (TPSA) is 107 Å². The number of nitrogens with zero attached hydrogens (tertiary/aromatic N) is 2. The van der Waals surface area contributed by atoms with Crippen molar-refractivity contribution in [3.05, 3.63) is 78.9 Å². The van der Waals surface area contributed by atoms with Crippen LogP contribution in [-0.4, -0.2) is 30.4 Å². The number of rotatable bonds is 5. The summed E-state index contributed by atoms with van der Waals surface area (Å²) in [6.07, 6.45) is 0. The van der Waals surface area contributed by atoms with E-state index < -0.39 is 10.0 Å². The average Bonchev–Trinajstić information content (AvgIpc) is 3.25. The molecule has 0 aliphatic rings. The van der Waals surface area contributed by atoms with Gasteiger partial charge in [0, 0.05) is 11.1 Å². The van der Waals surface area contributed by atoms with Crippen LogP contribution in [0.1, 0.15) is 13.8 Å². The first-order chi connectivity index (χ1) is 15.3. The van der Waals surface area contributed by atoms with E-state index >= 15 is 0 Å². The number of aromatic nitrogens is 2. The first-order valence-electron chi connectivity index (χ1n) is 10.0. The molecule has 0 fully saturated rings. The van der Waals surface area contributed by atoms with Gasteiger partial charge in [-0.15, -0.1) is 0 Å². The smallest absolute Gasteiger partial charge is 0.238 e. The zero-order valence-corrected chi connectivity index (χ0v) is 18.9. The molecule has 0 radical (unpaired) electrons. The summed E-state index contributed by atoms with van der Waals surface area (Å²) in [4.78, 5) is 0.0256. The molecule has 0 saturated carbocycles. The van der Waals surface area contributed by atoms with Crippen LogP contribution in [0.2, 0.25) is 0 Å². The molecular weight excluding hydrogens is 426 g/mol. The Morgan fingerprint density at radius 2 is 1.56 bits per heavy atom. The third kappa shape index (κ3) is 4.99. The molecular formula is C24H25N3O4S. The highest BCUT2D eigenvalue weighted by Gasteiger charge is 2.15. The van der Waals surface area contributed by atoms with Crippen molar-refractivity contribution in [3.8, 4) is 39.7 Å². The molecule has 4 rings (SSSR count). The van der Waals surface area contributed by atoms with Crippen molar-refractivity contribution in [2.45, 2.75) is 18.7 Å². The average molecular weight is 452 g/mol. The number of nitrogens with two attached hydrogens (primary N) is 1. The molecule has 4 aromatic rings. The van der Waals surface area contributed by atoms with E-state index in [9.17, 15) is 13.5 Å². The molecule has 0 saturated heterocycles. The molecule has 0 amide bonds. The third-order valence-electron chi connectivity index (χ3n) is 4.65. The predicted molar refractivity (Wildman–Crippen MR) is 125 cm³/mol. The van der Waals surface area contributed by atoms with Crippen LogP contribution < -0.4 is 9.88 Å². The first kappa shape index (κ1) is 23.1. The lowest BCUT2D eigenvalue weighted by Crippen LogP contribution is -2.12. The van der Waals surface area contributed by atoms with E-state index in [1.54, 1.807) is 42.1 Å². The second kappa shape index (κ2) is 9.67. The standard InChI is InChI=1S/C22H19N3O4S.C2H6/c1-29-19-9-5-15(6-10-19)22-14-21(16-3-2-4-18(26)13-16)24-25(22)17-7-11-20(12-8-17)30(23,27)28;1-2/h2-14,26H,1H3,(H2,23,27,28);1-2H3. The summed E-state index contributed by atoms with van der Waals surface area (Å²) in [6.45, 7) is 4.00. The molecule has 0 aliphatic heterocycles. The van der Waals surface area contributed by atoms with Gasteiger partial charge in [0.25, 0.3) is 0 Å². The van der Waals surface area contributed by atoms with Crippen LogP contribution in [0.4, 0.5) is 0 Å². The molecule has 3 N–H and O–H groups in total. The molecule has 0 aliphatic carbocycles. The van der Waals surface area contributed by atoms with Crippen molar-refractivity contribution < 1.29 is 18.3 Å². The SMILES string of the molecule is CC.COc1ccc(-c2cc(-c3cccc(O)c3)nn2-c2ccc(S(N)(=O)=O)cc2)cc1. The molecule has 3 aromatic carbocycles. The van der Waals surface area contributed by atoms with Gasteiger partial charge in [0.2, 0.25) is 10.0 Å². The van der Waals surface area contributed by atoms with Crippen molar-refractivity contribution >= 4 is 10.0 Å². The number of sulfonamides is 1. The summed E-state index contributed by atoms with van der Waals surface area (Å²) < 4.78 is 30.1. The molecule has 32 heavy (non-hydrogen) atoms. The van der Waals surface area contributed by atoms with Gasteiger partial charge in [0.05, 0.1) is 29.1 Å². The Morgan fingerprint density at radius 3 is 2.12 bits per heavy atom. The Hall–Kier alpha value is -3.62. The fraction of sp³-hybridized carbons (Fsp3) is 0.125. The van der Waals surface area contributed by atoms with Crippen LogP contribution in [0.25, 0.3) is 28.2 Å². The lowest BCUT2D eigenvalue weighted by Gasteiger charge is -2.09. The summed E-state index contributed by atoms with van der Waals surface area (Å²) in [5.74, 6) is 0.876. The molecule has 0 spiro atoms. The van der Waals surface area contributed by atoms with Gasteiger partial charge in [-0.1, -0.05) is 26.0 Å². The number of phenols is 1. The van der Waals surface area contributed by atoms with Gasteiger partial charge in [0.1, 0.15) is 11.5 Å². The van der Waals surface area contributed by atoms with Crippen molar-refractivity contribution in [2.75, 3.05) is 7.11 Å². The fourth-order valence-electron chi connectivity index (χ4n) is 3.13. The Bertz CT molecular complexity index is 1300. The molecule has 166 valence electrons. The zero-order valence-electron chi connectivity index (χ0n) is 18.1. The summed E-state index contributed by atoms with van der Waals surface area (Å²) >= 11 is 0. The van der Waals surface area contributed by atoms with Gasteiger partial charge < -0.3 is 9.84 Å². The third-order valence-corrected chi connectivity index (χ3v) is 5.58. The first-order valence-corrected chi connectivity index (χ1v) is 11.6. The van der Waals surface area contributed by atoms with Gasteiger partial charge in [-0.2, -0.15) is 5.10 Å². The van der Waals surface area contributed by atoms with Crippen molar-refractivity contribution in [1.29, 1.82) is 0 Å². The fourth-order valence-corrected chi connectivity index (χ4v) is 3.64. The second-order valence-corrected chi connectivity index (χ2v) is 8.21. The Labute approximate surface area is 187 Å². The molecule has 0 unspecified atom stereocenters. The highest BCUT2D eigenvalue weighted by Crippen LogP contribution is 2.31. The van der Waals surface area contributed by atoms with E-state index in [-0.39, 0.29) is 10.6 Å².